The molecule has 2 heteroatoms. The first-order valence-electron chi connectivity index (χ1n) is 5.69. The molecule has 16 heavy (non-hydrogen) atoms. The van der Waals surface area contributed by atoms with Gasteiger partial charge in [0.25, 0.3) is 0 Å². The van der Waals surface area contributed by atoms with E-state index >= 15 is 0 Å². The van der Waals surface area contributed by atoms with Crippen molar-refractivity contribution in [1.82, 2.24) is 0 Å². The Labute approximate surface area is 98.6 Å². The highest BCUT2D eigenvalue weighted by molar-refractivity contribution is 5.50. The molecule has 0 unspecified atom stereocenters. The van der Waals surface area contributed by atoms with Crippen LogP contribution < -0.4 is 9.47 Å². The van der Waals surface area contributed by atoms with Crippen molar-refractivity contribution >= 4 is 0 Å². The van der Waals surface area contributed by atoms with Gasteiger partial charge in [0.1, 0.15) is 11.5 Å². The van der Waals surface area contributed by atoms with Crippen LogP contribution in [0.3, 0.4) is 0 Å². The zero-order chi connectivity index (χ0) is 12.3. The summed E-state index contributed by atoms with van der Waals surface area (Å²) in [5.74, 6) is 1.90. The molecule has 90 valence electrons. The monoisotopic (exact) mass is 222 g/mol. The molecular formula is C14H22O2. The second-order valence-corrected chi connectivity index (χ2v) is 4.97. The molecule has 1 aromatic rings. The fourth-order valence-corrected chi connectivity index (χ4v) is 1.84. The lowest BCUT2D eigenvalue weighted by Gasteiger charge is -2.24. The van der Waals surface area contributed by atoms with Gasteiger partial charge in [0.2, 0.25) is 0 Å². The number of hydrogen-bond donors (Lipinski definition) is 0. The largest absolute Gasteiger partial charge is 0.497 e. The van der Waals surface area contributed by atoms with Gasteiger partial charge in [-0.1, -0.05) is 27.7 Å². The van der Waals surface area contributed by atoms with Crippen LogP contribution in [0.2, 0.25) is 0 Å². The Hall–Kier alpha value is -1.18. The Morgan fingerprint density at radius 3 is 2.06 bits per heavy atom. The van der Waals surface area contributed by atoms with E-state index in [4.69, 9.17) is 9.47 Å². The molecule has 0 radical (unpaired) electrons. The summed E-state index contributed by atoms with van der Waals surface area (Å²) in [4.78, 5) is 0. The Bertz CT molecular complexity index is 362. The Kier molecular flexibility index (Phi) is 3.84. The van der Waals surface area contributed by atoms with Gasteiger partial charge in [-0.2, -0.15) is 0 Å². The fourth-order valence-electron chi connectivity index (χ4n) is 1.84. The standard InChI is InChI=1S/C14H22O2/c1-7-10-8-11(15-5)9-12(13(10)16-6)14(2,3)4/h8-9H,7H2,1-6H3. The lowest BCUT2D eigenvalue weighted by Crippen LogP contribution is -2.14. The van der Waals surface area contributed by atoms with Crippen LogP contribution in [-0.4, -0.2) is 14.2 Å². The van der Waals surface area contributed by atoms with Crippen molar-refractivity contribution in [2.45, 2.75) is 39.5 Å². The second kappa shape index (κ2) is 4.77. The van der Waals surface area contributed by atoms with E-state index in [1.54, 1.807) is 14.2 Å². The molecule has 0 bridgehead atoms. The van der Waals surface area contributed by atoms with E-state index in [1.165, 1.54) is 11.1 Å². The highest BCUT2D eigenvalue weighted by Crippen LogP contribution is 2.37. The molecule has 0 aliphatic rings. The molecule has 0 spiro atoms. The van der Waals surface area contributed by atoms with Crippen molar-refractivity contribution in [3.63, 3.8) is 0 Å². The number of benzene rings is 1. The Morgan fingerprint density at radius 2 is 1.69 bits per heavy atom. The van der Waals surface area contributed by atoms with Gasteiger partial charge >= 0.3 is 0 Å². The Morgan fingerprint density at radius 1 is 1.06 bits per heavy atom. The third-order valence-corrected chi connectivity index (χ3v) is 2.77. The minimum absolute atomic E-state index is 0.0593. The van der Waals surface area contributed by atoms with Gasteiger partial charge in [-0.15, -0.1) is 0 Å². The van der Waals surface area contributed by atoms with E-state index in [-0.39, 0.29) is 5.41 Å². The van der Waals surface area contributed by atoms with Gasteiger partial charge in [0.15, 0.2) is 0 Å². The van der Waals surface area contributed by atoms with E-state index in [2.05, 4.69) is 33.8 Å². The van der Waals surface area contributed by atoms with Gasteiger partial charge in [0.05, 0.1) is 14.2 Å². The van der Waals surface area contributed by atoms with E-state index in [1.807, 2.05) is 6.07 Å². The smallest absolute Gasteiger partial charge is 0.126 e. The molecule has 0 aliphatic carbocycles. The SMILES string of the molecule is CCc1cc(OC)cc(C(C)(C)C)c1OC. The van der Waals surface area contributed by atoms with Crippen molar-refractivity contribution in [1.29, 1.82) is 0 Å². The second-order valence-electron chi connectivity index (χ2n) is 4.97. The summed E-state index contributed by atoms with van der Waals surface area (Å²) < 4.78 is 10.9. The summed E-state index contributed by atoms with van der Waals surface area (Å²) in [6.45, 7) is 8.68. The lowest BCUT2D eigenvalue weighted by atomic mass is 9.84. The zero-order valence-electron chi connectivity index (χ0n) is 11.2. The maximum absolute atomic E-state index is 5.54. The number of rotatable bonds is 3. The highest BCUT2D eigenvalue weighted by atomic mass is 16.5. The van der Waals surface area contributed by atoms with Crippen LogP contribution in [-0.2, 0) is 11.8 Å². The third-order valence-electron chi connectivity index (χ3n) is 2.77. The van der Waals surface area contributed by atoms with Gasteiger partial charge < -0.3 is 9.47 Å². The summed E-state index contributed by atoms with van der Waals surface area (Å²) in [5, 5.41) is 0. The van der Waals surface area contributed by atoms with Crippen LogP contribution in [0.5, 0.6) is 11.5 Å². The minimum Gasteiger partial charge on any atom is -0.497 e. The van der Waals surface area contributed by atoms with E-state index in [9.17, 15) is 0 Å². The van der Waals surface area contributed by atoms with Gasteiger partial charge in [-0.3, -0.25) is 0 Å². The summed E-state index contributed by atoms with van der Waals surface area (Å²) in [6.07, 6.45) is 0.948. The summed E-state index contributed by atoms with van der Waals surface area (Å²) in [7, 11) is 3.43. The zero-order valence-corrected chi connectivity index (χ0v) is 11.2. The summed E-state index contributed by atoms with van der Waals surface area (Å²) in [5.41, 5.74) is 2.46. The van der Waals surface area contributed by atoms with E-state index in [0.717, 1.165) is 17.9 Å². The normalized spacial score (nSPS) is 11.4. The molecule has 0 amide bonds. The summed E-state index contributed by atoms with van der Waals surface area (Å²) >= 11 is 0. The van der Waals surface area contributed by atoms with Gasteiger partial charge in [-0.25, -0.2) is 0 Å². The topological polar surface area (TPSA) is 18.5 Å². The predicted molar refractivity (Wildman–Crippen MR) is 67.6 cm³/mol. The molecule has 0 saturated heterocycles. The first-order chi connectivity index (χ1) is 7.43. The molecule has 0 aliphatic heterocycles. The average molecular weight is 222 g/mol. The third kappa shape index (κ3) is 2.49. The lowest BCUT2D eigenvalue weighted by molar-refractivity contribution is 0.383. The molecule has 1 aromatic carbocycles. The van der Waals surface area contributed by atoms with Crippen LogP contribution in [0.15, 0.2) is 12.1 Å². The molecule has 0 heterocycles. The Balaban J connectivity index is 3.43. The van der Waals surface area contributed by atoms with Crippen molar-refractivity contribution < 1.29 is 9.47 Å². The molecule has 0 aromatic heterocycles. The highest BCUT2D eigenvalue weighted by Gasteiger charge is 2.22. The molecule has 0 saturated carbocycles. The molecule has 0 N–H and O–H groups in total. The van der Waals surface area contributed by atoms with Crippen LogP contribution in [0, 0.1) is 0 Å². The van der Waals surface area contributed by atoms with Crippen LogP contribution in [0.25, 0.3) is 0 Å². The minimum atomic E-state index is 0.0593. The van der Waals surface area contributed by atoms with E-state index in [0.29, 0.717) is 0 Å². The van der Waals surface area contributed by atoms with Crippen LogP contribution in [0.4, 0.5) is 0 Å². The molecule has 2 nitrogen and oxygen atoms in total. The predicted octanol–water partition coefficient (Wildman–Crippen LogP) is 3.56. The quantitative estimate of drug-likeness (QED) is 0.778. The maximum atomic E-state index is 5.54. The van der Waals surface area contributed by atoms with E-state index < -0.39 is 0 Å². The number of ether oxygens (including phenoxy) is 2. The summed E-state index contributed by atoms with van der Waals surface area (Å²) in [6, 6.07) is 4.12. The number of hydrogen-bond acceptors (Lipinski definition) is 2. The van der Waals surface area contributed by atoms with Crippen LogP contribution in [0.1, 0.15) is 38.8 Å². The fraction of sp³-hybridized carbons (Fsp3) is 0.571. The van der Waals surface area contributed by atoms with Crippen molar-refractivity contribution in [2.24, 2.45) is 0 Å². The molecular weight excluding hydrogens is 200 g/mol. The first-order valence-corrected chi connectivity index (χ1v) is 5.69. The number of aryl methyl sites for hydroxylation is 1. The van der Waals surface area contributed by atoms with Gasteiger partial charge in [-0.05, 0) is 29.5 Å². The average Bonchev–Trinajstić information content (AvgIpc) is 2.25. The molecule has 1 rings (SSSR count). The van der Waals surface area contributed by atoms with Crippen molar-refractivity contribution in [3.05, 3.63) is 23.3 Å². The number of methoxy groups -OCH3 is 2. The van der Waals surface area contributed by atoms with Crippen molar-refractivity contribution in [2.75, 3.05) is 14.2 Å². The first kappa shape index (κ1) is 12.9. The van der Waals surface area contributed by atoms with Crippen molar-refractivity contribution in [3.8, 4) is 11.5 Å². The molecule has 0 atom stereocenters. The van der Waals surface area contributed by atoms with Crippen LogP contribution >= 0.6 is 0 Å². The molecule has 0 fully saturated rings. The van der Waals surface area contributed by atoms with Gasteiger partial charge in [0, 0.05) is 5.56 Å². The maximum Gasteiger partial charge on any atom is 0.126 e.